The fourth-order valence-electron chi connectivity index (χ4n) is 4.29. The molecule has 1 aromatic heterocycles. The Morgan fingerprint density at radius 3 is 2.56 bits per heavy atom. The Hall–Kier alpha value is -3.08. The van der Waals surface area contributed by atoms with Crippen LogP contribution in [0.5, 0.6) is 0 Å². The van der Waals surface area contributed by atoms with Crippen molar-refractivity contribution in [2.45, 2.75) is 50.6 Å². The predicted molar refractivity (Wildman–Crippen MR) is 140 cm³/mol. The van der Waals surface area contributed by atoms with Crippen molar-refractivity contribution >= 4 is 43.5 Å². The van der Waals surface area contributed by atoms with E-state index in [0.717, 1.165) is 29.5 Å². The Balaban J connectivity index is 1.65. The Kier molecular flexibility index (Phi) is 7.87. The molecule has 0 spiro atoms. The third kappa shape index (κ3) is 5.21. The van der Waals surface area contributed by atoms with E-state index in [-0.39, 0.29) is 23.1 Å². The molecule has 1 aliphatic heterocycles. The molecule has 4 rings (SSSR count). The number of piperidine rings is 1. The van der Waals surface area contributed by atoms with Gasteiger partial charge in [0.05, 0.1) is 27.3 Å². The van der Waals surface area contributed by atoms with Crippen molar-refractivity contribution in [3.05, 3.63) is 71.0 Å². The van der Waals surface area contributed by atoms with E-state index >= 15 is 0 Å². The molecule has 1 fully saturated rings. The van der Waals surface area contributed by atoms with Gasteiger partial charge in [0.25, 0.3) is 5.91 Å². The van der Waals surface area contributed by atoms with E-state index in [1.54, 1.807) is 31.2 Å². The summed E-state index contributed by atoms with van der Waals surface area (Å²) in [5.74, 6) is -0.896. The number of aromatic nitrogens is 1. The van der Waals surface area contributed by atoms with Crippen molar-refractivity contribution in [2.24, 2.45) is 4.99 Å². The predicted octanol–water partition coefficient (Wildman–Crippen LogP) is 4.37. The van der Waals surface area contributed by atoms with Crippen molar-refractivity contribution in [3.63, 3.8) is 0 Å². The monoisotopic (exact) mass is 527 g/mol. The van der Waals surface area contributed by atoms with Gasteiger partial charge >= 0.3 is 5.97 Å². The first-order valence-electron chi connectivity index (χ1n) is 11.9. The molecule has 0 radical (unpaired) electrons. The first kappa shape index (κ1) is 26.0. The van der Waals surface area contributed by atoms with Crippen LogP contribution in [-0.4, -0.2) is 48.4 Å². The normalized spacial score (nSPS) is 17.3. The number of fused-ring (bicyclic) bond motifs is 1. The van der Waals surface area contributed by atoms with Crippen molar-refractivity contribution in [1.29, 1.82) is 0 Å². The van der Waals surface area contributed by atoms with Gasteiger partial charge in [-0.2, -0.15) is 9.30 Å². The number of hydrogen-bond donors (Lipinski definition) is 0. The summed E-state index contributed by atoms with van der Waals surface area (Å²) < 4.78 is 35.4. The molecule has 0 aliphatic carbocycles. The van der Waals surface area contributed by atoms with Crippen LogP contribution in [0.25, 0.3) is 10.2 Å². The first-order chi connectivity index (χ1) is 17.3. The molecule has 0 N–H and O–H groups in total. The van der Waals surface area contributed by atoms with Gasteiger partial charge in [-0.05, 0) is 69.2 Å². The minimum absolute atomic E-state index is 0.0438. The summed E-state index contributed by atoms with van der Waals surface area (Å²) in [6, 6.07) is 11.1. The molecular formula is C26H29N3O5S2. The van der Waals surface area contributed by atoms with Crippen molar-refractivity contribution in [3.8, 4) is 0 Å². The molecule has 1 amide bonds. The fourth-order valence-corrected chi connectivity index (χ4v) is 7.07. The van der Waals surface area contributed by atoms with E-state index in [0.29, 0.717) is 23.5 Å². The zero-order chi connectivity index (χ0) is 25.9. The van der Waals surface area contributed by atoms with E-state index in [1.165, 1.54) is 39.9 Å². The maximum atomic E-state index is 13.1. The van der Waals surface area contributed by atoms with Gasteiger partial charge in [-0.25, -0.2) is 13.2 Å². The van der Waals surface area contributed by atoms with Crippen LogP contribution >= 0.6 is 11.3 Å². The number of esters is 1. The summed E-state index contributed by atoms with van der Waals surface area (Å²) in [6.45, 7) is 8.68. The summed E-state index contributed by atoms with van der Waals surface area (Å²) in [5.41, 5.74) is 1.53. The number of sulfonamides is 1. The van der Waals surface area contributed by atoms with Gasteiger partial charge in [0.1, 0.15) is 0 Å². The van der Waals surface area contributed by atoms with E-state index < -0.39 is 21.9 Å². The van der Waals surface area contributed by atoms with Gasteiger partial charge in [0, 0.05) is 24.7 Å². The van der Waals surface area contributed by atoms with Gasteiger partial charge < -0.3 is 9.30 Å². The average Bonchev–Trinajstić information content (AvgIpc) is 3.20. The summed E-state index contributed by atoms with van der Waals surface area (Å²) >= 11 is 1.28. The van der Waals surface area contributed by atoms with E-state index in [9.17, 15) is 18.0 Å². The largest absolute Gasteiger partial charge is 0.462 e. The topological polar surface area (TPSA) is 98.0 Å². The van der Waals surface area contributed by atoms with Crippen LogP contribution in [0.1, 0.15) is 53.8 Å². The number of nitrogens with zero attached hydrogens (tertiary/aromatic N) is 3. The Bertz CT molecular complexity index is 1470. The lowest BCUT2D eigenvalue weighted by Crippen LogP contribution is -2.41. The maximum absolute atomic E-state index is 13.1. The zero-order valence-corrected chi connectivity index (χ0v) is 22.0. The number of rotatable bonds is 7. The molecule has 2 heterocycles. The second kappa shape index (κ2) is 10.9. The number of thiazole rings is 1. The van der Waals surface area contributed by atoms with E-state index in [2.05, 4.69) is 11.6 Å². The lowest BCUT2D eigenvalue weighted by atomic mass is 10.1. The molecule has 0 bridgehead atoms. The molecule has 10 heteroatoms. The second-order valence-corrected chi connectivity index (χ2v) is 11.5. The third-order valence-electron chi connectivity index (χ3n) is 6.15. The first-order valence-corrected chi connectivity index (χ1v) is 14.1. The number of benzene rings is 2. The molecule has 8 nitrogen and oxygen atoms in total. The second-order valence-electron chi connectivity index (χ2n) is 8.59. The Morgan fingerprint density at radius 2 is 1.89 bits per heavy atom. The quantitative estimate of drug-likeness (QED) is 0.336. The van der Waals surface area contributed by atoms with Crippen LogP contribution < -0.4 is 4.80 Å². The molecule has 36 heavy (non-hydrogen) atoms. The summed E-state index contributed by atoms with van der Waals surface area (Å²) in [5, 5.41) is 0. The van der Waals surface area contributed by atoms with Crippen molar-refractivity contribution in [1.82, 2.24) is 8.87 Å². The highest BCUT2D eigenvalue weighted by Crippen LogP contribution is 2.25. The Morgan fingerprint density at radius 1 is 1.17 bits per heavy atom. The highest BCUT2D eigenvalue weighted by atomic mass is 32.2. The number of hydrogen-bond acceptors (Lipinski definition) is 6. The number of ether oxygens (including phenoxy) is 1. The van der Waals surface area contributed by atoms with Crippen LogP contribution in [-0.2, 0) is 21.3 Å². The zero-order valence-electron chi connectivity index (χ0n) is 20.3. The maximum Gasteiger partial charge on any atom is 0.338 e. The average molecular weight is 528 g/mol. The van der Waals surface area contributed by atoms with Crippen molar-refractivity contribution in [2.75, 3.05) is 13.2 Å². The molecule has 0 saturated carbocycles. The molecule has 190 valence electrons. The van der Waals surface area contributed by atoms with Gasteiger partial charge in [0.15, 0.2) is 4.80 Å². The van der Waals surface area contributed by atoms with Crippen LogP contribution in [0.15, 0.2) is 65.0 Å². The summed E-state index contributed by atoms with van der Waals surface area (Å²) in [6.07, 6.45) is 4.42. The van der Waals surface area contributed by atoms with Gasteiger partial charge in [-0.3, -0.25) is 4.79 Å². The number of amides is 1. The number of carbonyl (C=O) groups is 2. The summed E-state index contributed by atoms with van der Waals surface area (Å²) in [4.78, 5) is 30.0. The molecule has 1 atom stereocenters. The minimum Gasteiger partial charge on any atom is -0.462 e. The lowest BCUT2D eigenvalue weighted by Gasteiger charge is -2.32. The third-order valence-corrected chi connectivity index (χ3v) is 9.22. The molecule has 1 aliphatic rings. The van der Waals surface area contributed by atoms with E-state index in [4.69, 9.17) is 4.74 Å². The molecular weight excluding hydrogens is 498 g/mol. The number of carbonyl (C=O) groups excluding carboxylic acids is 2. The van der Waals surface area contributed by atoms with Gasteiger partial charge in [-0.1, -0.05) is 23.8 Å². The minimum atomic E-state index is -3.62. The van der Waals surface area contributed by atoms with Crippen LogP contribution in [0.3, 0.4) is 0 Å². The highest BCUT2D eigenvalue weighted by Gasteiger charge is 2.30. The van der Waals surface area contributed by atoms with Gasteiger partial charge in [-0.15, -0.1) is 6.58 Å². The summed E-state index contributed by atoms with van der Waals surface area (Å²) in [7, 11) is -3.62. The molecule has 1 unspecified atom stereocenters. The van der Waals surface area contributed by atoms with Crippen molar-refractivity contribution < 1.29 is 22.7 Å². The lowest BCUT2D eigenvalue weighted by molar-refractivity contribution is 0.0526. The number of allylic oxidation sites excluding steroid dienone is 1. The Labute approximate surface area is 214 Å². The molecule has 3 aromatic rings. The molecule has 1 saturated heterocycles. The van der Waals surface area contributed by atoms with Crippen LogP contribution in [0.2, 0.25) is 0 Å². The van der Waals surface area contributed by atoms with E-state index in [1.807, 2.05) is 11.5 Å². The smallest absolute Gasteiger partial charge is 0.338 e. The molecule has 2 aromatic carbocycles. The van der Waals surface area contributed by atoms with Gasteiger partial charge in [0.2, 0.25) is 10.0 Å². The SMILES string of the molecule is C=CCn1c(=NC(=O)c2ccc(S(=O)(=O)N3CCCCC3C)cc2)sc2cc(C(=O)OCC)ccc21. The standard InChI is InChI=1S/C26H29N3O5S2/c1-4-15-28-22-14-11-20(25(31)34-5-2)17-23(22)35-26(28)27-24(30)19-9-12-21(13-10-19)36(32,33)29-16-7-6-8-18(29)3/h4,9-14,17-18H,1,5-8,15-16H2,2-3H3. The highest BCUT2D eigenvalue weighted by molar-refractivity contribution is 7.89. The van der Waals surface area contributed by atoms with Crippen LogP contribution in [0.4, 0.5) is 0 Å². The fraction of sp³-hybridized carbons (Fsp3) is 0.346. The van der Waals surface area contributed by atoms with Crippen LogP contribution in [0, 0.1) is 0 Å².